The molecule has 21 heavy (non-hydrogen) atoms. The van der Waals surface area contributed by atoms with Crippen LogP contribution in [0, 0.1) is 5.41 Å². The van der Waals surface area contributed by atoms with Gasteiger partial charge in [0.25, 0.3) is 0 Å². The number of ketones is 1. The van der Waals surface area contributed by atoms with E-state index in [1.165, 1.54) is 12.1 Å². The first-order valence-electron chi connectivity index (χ1n) is 6.22. The van der Waals surface area contributed by atoms with Crippen molar-refractivity contribution in [2.75, 3.05) is 5.73 Å². The third kappa shape index (κ3) is 2.06. The molecule has 0 atom stereocenters. The van der Waals surface area contributed by atoms with E-state index in [9.17, 15) is 9.90 Å². The molecule has 3 rings (SSSR count). The summed E-state index contributed by atoms with van der Waals surface area (Å²) in [7, 11) is 0. The lowest BCUT2D eigenvalue weighted by molar-refractivity contribution is 0.105. The van der Waals surface area contributed by atoms with Gasteiger partial charge in [0.2, 0.25) is 0 Å². The Balaban J connectivity index is 2.26. The Morgan fingerprint density at radius 3 is 2.48 bits per heavy atom. The molecule has 4 nitrogen and oxygen atoms in total. The molecule has 0 saturated heterocycles. The smallest absolute Gasteiger partial charge is 0.196 e. The van der Waals surface area contributed by atoms with Gasteiger partial charge in [0.15, 0.2) is 5.78 Å². The zero-order valence-corrected chi connectivity index (χ0v) is 12.4. The second kappa shape index (κ2) is 4.86. The van der Waals surface area contributed by atoms with Crippen LogP contribution in [0.15, 0.2) is 46.9 Å². The maximum absolute atomic E-state index is 12.7. The summed E-state index contributed by atoms with van der Waals surface area (Å²) in [5, 5.41) is 18.2. The summed E-state index contributed by atoms with van der Waals surface area (Å²) in [5.41, 5.74) is 7.70. The second-order valence-electron chi connectivity index (χ2n) is 4.71. The number of aromatic hydroxyl groups is 1. The topological polar surface area (TPSA) is 87.2 Å². The van der Waals surface area contributed by atoms with Crippen LogP contribution in [-0.4, -0.2) is 16.6 Å². The summed E-state index contributed by atoms with van der Waals surface area (Å²) in [5.74, 6) is -0.423. The van der Waals surface area contributed by atoms with E-state index in [1.54, 1.807) is 12.1 Å². The molecule has 0 aromatic heterocycles. The highest BCUT2D eigenvalue weighted by molar-refractivity contribution is 9.10. The Labute approximate surface area is 129 Å². The van der Waals surface area contributed by atoms with Crippen molar-refractivity contribution in [2.24, 2.45) is 0 Å². The highest BCUT2D eigenvalue weighted by Crippen LogP contribution is 2.40. The molecule has 1 aliphatic rings. The van der Waals surface area contributed by atoms with E-state index >= 15 is 0 Å². The molecule has 4 N–H and O–H groups in total. The lowest BCUT2D eigenvalue weighted by Gasteiger charge is -2.20. The molecule has 0 radical (unpaired) electrons. The minimum Gasteiger partial charge on any atom is -0.506 e. The quantitative estimate of drug-likeness (QED) is 0.548. The predicted octanol–water partition coefficient (Wildman–Crippen LogP) is 3.38. The maximum Gasteiger partial charge on any atom is 0.196 e. The van der Waals surface area contributed by atoms with E-state index < -0.39 is 0 Å². The molecule has 0 unspecified atom stereocenters. The van der Waals surface area contributed by atoms with Crippen molar-refractivity contribution in [2.45, 2.75) is 0 Å². The third-order valence-electron chi connectivity index (χ3n) is 3.40. The number of nitrogen functional groups attached to an aromatic ring is 1. The average molecular weight is 343 g/mol. The number of phenols is 1. The van der Waals surface area contributed by atoms with Gasteiger partial charge in [-0.25, -0.2) is 0 Å². The fourth-order valence-electron chi connectivity index (χ4n) is 2.41. The second-order valence-corrected chi connectivity index (χ2v) is 5.57. The van der Waals surface area contributed by atoms with E-state index in [0.29, 0.717) is 10.0 Å². The molecule has 0 bridgehead atoms. The minimum absolute atomic E-state index is 0.0638. The van der Waals surface area contributed by atoms with Crippen LogP contribution in [0.4, 0.5) is 5.69 Å². The van der Waals surface area contributed by atoms with Crippen LogP contribution in [0.2, 0.25) is 0 Å². The Kier molecular flexibility index (Phi) is 3.14. The van der Waals surface area contributed by atoms with Crippen molar-refractivity contribution >= 4 is 38.7 Å². The average Bonchev–Trinajstić information content (AvgIpc) is 2.47. The standard InChI is InChI=1S/C16H11BrN2O2/c17-10-7-12(19)13-14(16(10)21)11(18)6-9(15(13)20)8-4-2-1-3-5-8/h1-7,18,21H,19H2. The summed E-state index contributed by atoms with van der Waals surface area (Å²) >= 11 is 3.17. The lowest BCUT2D eigenvalue weighted by atomic mass is 9.84. The van der Waals surface area contributed by atoms with Crippen LogP contribution in [0.3, 0.4) is 0 Å². The fraction of sp³-hybridized carbons (Fsp3) is 0. The van der Waals surface area contributed by atoms with Crippen molar-refractivity contribution in [3.8, 4) is 5.75 Å². The molecule has 0 heterocycles. The fourth-order valence-corrected chi connectivity index (χ4v) is 2.86. The van der Waals surface area contributed by atoms with Crippen molar-refractivity contribution in [1.29, 1.82) is 5.41 Å². The molecule has 0 amide bonds. The number of phenolic OH excluding ortho intramolecular Hbond substituents is 1. The van der Waals surface area contributed by atoms with E-state index in [-0.39, 0.29) is 34.1 Å². The Bertz CT molecular complexity index is 811. The van der Waals surface area contributed by atoms with Crippen molar-refractivity contribution in [1.82, 2.24) is 0 Å². The Hall–Kier alpha value is -2.40. The van der Waals surface area contributed by atoms with Gasteiger partial charge in [-0.05, 0) is 33.6 Å². The number of benzene rings is 2. The van der Waals surface area contributed by atoms with E-state index in [4.69, 9.17) is 11.1 Å². The van der Waals surface area contributed by atoms with Gasteiger partial charge in [-0.3, -0.25) is 4.79 Å². The molecule has 0 saturated carbocycles. The predicted molar refractivity (Wildman–Crippen MR) is 85.8 cm³/mol. The summed E-state index contributed by atoms with van der Waals surface area (Å²) in [4.78, 5) is 12.7. The largest absolute Gasteiger partial charge is 0.506 e. The molecule has 2 aromatic carbocycles. The number of Topliss-reactive ketones (excluding diaryl/α,β-unsaturated/α-hetero) is 1. The number of fused-ring (bicyclic) bond motifs is 1. The van der Waals surface area contributed by atoms with E-state index in [1.807, 2.05) is 18.2 Å². The summed E-state index contributed by atoms with van der Waals surface area (Å²) in [6.45, 7) is 0. The first-order chi connectivity index (χ1) is 10.0. The van der Waals surface area contributed by atoms with Crippen LogP contribution < -0.4 is 5.73 Å². The van der Waals surface area contributed by atoms with E-state index in [0.717, 1.165) is 5.56 Å². The van der Waals surface area contributed by atoms with Gasteiger partial charge in [-0.2, -0.15) is 0 Å². The van der Waals surface area contributed by atoms with Crippen LogP contribution in [0.1, 0.15) is 21.5 Å². The van der Waals surface area contributed by atoms with Crippen LogP contribution >= 0.6 is 15.9 Å². The molecule has 5 heteroatoms. The number of rotatable bonds is 1. The number of anilines is 1. The number of carbonyl (C=O) groups is 1. The van der Waals surface area contributed by atoms with Gasteiger partial charge >= 0.3 is 0 Å². The van der Waals surface area contributed by atoms with Crippen molar-refractivity contribution in [3.05, 3.63) is 63.6 Å². The monoisotopic (exact) mass is 342 g/mol. The number of hydrogen-bond acceptors (Lipinski definition) is 4. The molecular weight excluding hydrogens is 332 g/mol. The van der Waals surface area contributed by atoms with Crippen molar-refractivity contribution in [3.63, 3.8) is 0 Å². The Morgan fingerprint density at radius 2 is 1.81 bits per heavy atom. The Morgan fingerprint density at radius 1 is 1.14 bits per heavy atom. The summed E-state index contributed by atoms with van der Waals surface area (Å²) < 4.78 is 0.368. The normalized spacial score (nSPS) is 13.9. The van der Waals surface area contributed by atoms with Gasteiger partial charge in [-0.1, -0.05) is 30.3 Å². The zero-order chi connectivity index (χ0) is 15.1. The van der Waals surface area contributed by atoms with Crippen LogP contribution in [0.5, 0.6) is 5.75 Å². The number of hydrogen-bond donors (Lipinski definition) is 3. The first-order valence-corrected chi connectivity index (χ1v) is 7.01. The molecule has 0 fully saturated rings. The molecule has 1 aliphatic carbocycles. The SMILES string of the molecule is N=C1C=C(c2ccccc2)C(=O)c2c(N)cc(Br)c(O)c21. The third-order valence-corrected chi connectivity index (χ3v) is 4.00. The maximum atomic E-state index is 12.7. The molecule has 2 aromatic rings. The minimum atomic E-state index is -0.285. The van der Waals surface area contributed by atoms with Gasteiger partial charge < -0.3 is 16.2 Å². The van der Waals surface area contributed by atoms with Crippen LogP contribution in [0.25, 0.3) is 5.57 Å². The molecule has 0 spiro atoms. The summed E-state index contributed by atoms with van der Waals surface area (Å²) in [6.07, 6.45) is 1.46. The van der Waals surface area contributed by atoms with Gasteiger partial charge in [0, 0.05) is 11.3 Å². The van der Waals surface area contributed by atoms with Crippen LogP contribution in [-0.2, 0) is 0 Å². The number of halogens is 1. The number of nitrogens with one attached hydrogen (secondary N) is 1. The van der Waals surface area contributed by atoms with Gasteiger partial charge in [-0.15, -0.1) is 0 Å². The lowest BCUT2D eigenvalue weighted by Crippen LogP contribution is -2.18. The summed E-state index contributed by atoms with van der Waals surface area (Å²) in [6, 6.07) is 10.6. The van der Waals surface area contributed by atoms with Gasteiger partial charge in [0.05, 0.1) is 21.3 Å². The highest BCUT2D eigenvalue weighted by atomic mass is 79.9. The number of allylic oxidation sites excluding steroid dienone is 2. The number of carbonyl (C=O) groups excluding carboxylic acids is 1. The highest BCUT2D eigenvalue weighted by Gasteiger charge is 2.30. The van der Waals surface area contributed by atoms with Crippen molar-refractivity contribution < 1.29 is 9.90 Å². The molecule has 104 valence electrons. The van der Waals surface area contributed by atoms with Gasteiger partial charge in [0.1, 0.15) is 5.75 Å². The van der Waals surface area contributed by atoms with E-state index in [2.05, 4.69) is 15.9 Å². The first kappa shape index (κ1) is 13.6. The number of nitrogens with two attached hydrogens (primary N) is 1. The molecule has 0 aliphatic heterocycles. The zero-order valence-electron chi connectivity index (χ0n) is 10.9. The molecular formula is C16H11BrN2O2.